The van der Waals surface area contributed by atoms with Gasteiger partial charge in [0.05, 0.1) is 12.4 Å². The molecule has 0 bridgehead atoms. The van der Waals surface area contributed by atoms with Gasteiger partial charge in [-0.3, -0.25) is 4.79 Å². The average molecular weight is 478 g/mol. The van der Waals surface area contributed by atoms with E-state index < -0.39 is 5.97 Å². The molecule has 1 fully saturated rings. The van der Waals surface area contributed by atoms with Gasteiger partial charge < -0.3 is 23.9 Å². The molecule has 3 aromatic rings. The standard InChI is InChI=1S/C28H31NO6/c1-19(2)29(28(32)21-11-9-20(10-12-21)25-8-5-15-33-25)17-22-6-3-4-7-26(22)35-24-14-13-23(16-24)34-18-27(30)31/h3-12,15,19,23-24H,13-14,16-18H2,1-2H3,(H,30,31). The molecule has 1 N–H and O–H groups in total. The number of carboxylic acid groups (broad SMARTS) is 1. The number of nitrogens with zero attached hydrogens (tertiary/aromatic N) is 1. The quantitative estimate of drug-likeness (QED) is 0.421. The lowest BCUT2D eigenvalue weighted by molar-refractivity contribution is -0.144. The smallest absolute Gasteiger partial charge is 0.329 e. The van der Waals surface area contributed by atoms with E-state index in [1.807, 2.05) is 79.4 Å². The van der Waals surface area contributed by atoms with Crippen molar-refractivity contribution in [3.8, 4) is 17.1 Å². The van der Waals surface area contributed by atoms with E-state index >= 15 is 0 Å². The van der Waals surface area contributed by atoms with Crippen molar-refractivity contribution in [1.82, 2.24) is 4.90 Å². The Labute approximate surface area is 205 Å². The SMILES string of the molecule is CC(C)N(Cc1ccccc1OC1CCC(OCC(=O)O)C1)C(=O)c1ccc(-c2ccco2)cc1. The monoisotopic (exact) mass is 477 g/mol. The van der Waals surface area contributed by atoms with Crippen LogP contribution in [-0.4, -0.2) is 46.7 Å². The molecule has 35 heavy (non-hydrogen) atoms. The van der Waals surface area contributed by atoms with E-state index in [4.69, 9.17) is 19.0 Å². The van der Waals surface area contributed by atoms with Crippen molar-refractivity contribution >= 4 is 11.9 Å². The number of carbonyl (C=O) groups is 2. The fourth-order valence-electron chi connectivity index (χ4n) is 4.34. The maximum absolute atomic E-state index is 13.4. The molecule has 1 aromatic heterocycles. The topological polar surface area (TPSA) is 89.2 Å². The van der Waals surface area contributed by atoms with Crippen LogP contribution >= 0.6 is 0 Å². The summed E-state index contributed by atoms with van der Waals surface area (Å²) in [7, 11) is 0. The van der Waals surface area contributed by atoms with Gasteiger partial charge in [-0.25, -0.2) is 4.79 Å². The summed E-state index contributed by atoms with van der Waals surface area (Å²) in [6.07, 6.45) is 3.69. The molecule has 2 unspecified atom stereocenters. The molecule has 7 nitrogen and oxygen atoms in total. The van der Waals surface area contributed by atoms with Crippen molar-refractivity contribution < 1.29 is 28.6 Å². The third-order valence-electron chi connectivity index (χ3n) is 6.21. The fraction of sp³-hybridized carbons (Fsp3) is 0.357. The van der Waals surface area contributed by atoms with E-state index in [0.717, 1.165) is 35.5 Å². The van der Waals surface area contributed by atoms with Crippen molar-refractivity contribution in [1.29, 1.82) is 0 Å². The molecule has 1 aliphatic carbocycles. The van der Waals surface area contributed by atoms with Crippen molar-refractivity contribution in [2.45, 2.75) is 57.9 Å². The minimum Gasteiger partial charge on any atom is -0.490 e. The van der Waals surface area contributed by atoms with Crippen molar-refractivity contribution in [2.24, 2.45) is 0 Å². The largest absolute Gasteiger partial charge is 0.490 e. The summed E-state index contributed by atoms with van der Waals surface area (Å²) in [4.78, 5) is 26.0. The van der Waals surface area contributed by atoms with Gasteiger partial charge in [0.2, 0.25) is 0 Å². The Kier molecular flexibility index (Phi) is 7.87. The predicted octanol–water partition coefficient (Wildman–Crippen LogP) is 5.40. The normalized spacial score (nSPS) is 17.5. The van der Waals surface area contributed by atoms with Gasteiger partial charge in [-0.1, -0.05) is 30.3 Å². The van der Waals surface area contributed by atoms with Gasteiger partial charge >= 0.3 is 5.97 Å². The van der Waals surface area contributed by atoms with Crippen LogP contribution < -0.4 is 4.74 Å². The Morgan fingerprint density at radius 3 is 2.46 bits per heavy atom. The first-order valence-electron chi connectivity index (χ1n) is 11.9. The van der Waals surface area contributed by atoms with E-state index in [0.29, 0.717) is 18.5 Å². The van der Waals surface area contributed by atoms with Crippen LogP contribution in [0, 0.1) is 0 Å². The molecule has 0 spiro atoms. The molecular formula is C28H31NO6. The van der Waals surface area contributed by atoms with Gasteiger partial charge in [0.25, 0.3) is 5.91 Å². The Morgan fingerprint density at radius 1 is 1.03 bits per heavy atom. The highest BCUT2D eigenvalue weighted by atomic mass is 16.5. The van der Waals surface area contributed by atoms with Gasteiger partial charge in [0.1, 0.15) is 24.2 Å². The Bertz CT molecular complexity index is 1120. The number of para-hydroxylation sites is 1. The Balaban J connectivity index is 1.44. The molecule has 0 saturated heterocycles. The second kappa shape index (κ2) is 11.2. The van der Waals surface area contributed by atoms with Crippen LogP contribution in [0.25, 0.3) is 11.3 Å². The molecule has 4 rings (SSSR count). The summed E-state index contributed by atoms with van der Waals surface area (Å²) >= 11 is 0. The minimum absolute atomic E-state index is 0.0133. The third-order valence-corrected chi connectivity index (χ3v) is 6.21. The van der Waals surface area contributed by atoms with E-state index in [9.17, 15) is 9.59 Å². The number of furan rings is 1. The second-order valence-electron chi connectivity index (χ2n) is 9.07. The maximum atomic E-state index is 13.4. The molecule has 2 aromatic carbocycles. The highest BCUT2D eigenvalue weighted by Crippen LogP contribution is 2.30. The summed E-state index contributed by atoms with van der Waals surface area (Å²) < 4.78 is 17.2. The summed E-state index contributed by atoms with van der Waals surface area (Å²) in [5.41, 5.74) is 2.46. The maximum Gasteiger partial charge on any atom is 0.329 e. The van der Waals surface area contributed by atoms with Crippen LogP contribution in [0.15, 0.2) is 71.3 Å². The van der Waals surface area contributed by atoms with E-state index in [1.54, 1.807) is 6.26 Å². The first kappa shape index (κ1) is 24.5. The molecule has 0 radical (unpaired) electrons. The van der Waals surface area contributed by atoms with Gasteiger partial charge in [-0.05, 0) is 57.0 Å². The van der Waals surface area contributed by atoms with Gasteiger partial charge in [0.15, 0.2) is 0 Å². The highest BCUT2D eigenvalue weighted by Gasteiger charge is 2.28. The number of amides is 1. The molecule has 0 aliphatic heterocycles. The Hall–Kier alpha value is -3.58. The highest BCUT2D eigenvalue weighted by molar-refractivity contribution is 5.94. The molecule has 7 heteroatoms. The van der Waals surface area contributed by atoms with Crippen LogP contribution in [0.2, 0.25) is 0 Å². The van der Waals surface area contributed by atoms with Crippen molar-refractivity contribution in [2.75, 3.05) is 6.61 Å². The van der Waals surface area contributed by atoms with Crippen LogP contribution in [0.1, 0.15) is 49.0 Å². The lowest BCUT2D eigenvalue weighted by Gasteiger charge is -2.28. The van der Waals surface area contributed by atoms with Gasteiger partial charge in [-0.2, -0.15) is 0 Å². The zero-order valence-corrected chi connectivity index (χ0v) is 20.1. The summed E-state index contributed by atoms with van der Waals surface area (Å²) in [6, 6.07) is 18.9. The lowest BCUT2D eigenvalue weighted by atomic mass is 10.1. The number of rotatable bonds is 10. The third kappa shape index (κ3) is 6.31. The number of carbonyl (C=O) groups excluding carboxylic acids is 1. The summed E-state index contributed by atoms with van der Waals surface area (Å²) in [5, 5.41) is 8.83. The predicted molar refractivity (Wildman–Crippen MR) is 131 cm³/mol. The second-order valence-corrected chi connectivity index (χ2v) is 9.07. The molecule has 2 atom stereocenters. The number of aliphatic carboxylic acids is 1. The van der Waals surface area contributed by atoms with Gasteiger partial charge in [0, 0.05) is 35.7 Å². The molecule has 1 amide bonds. The molecule has 1 aliphatic rings. The average Bonchev–Trinajstić information content (AvgIpc) is 3.54. The summed E-state index contributed by atoms with van der Waals surface area (Å²) in [6.45, 7) is 4.13. The Morgan fingerprint density at radius 2 is 1.77 bits per heavy atom. The van der Waals surface area contributed by atoms with Crippen LogP contribution in [0.5, 0.6) is 5.75 Å². The summed E-state index contributed by atoms with van der Waals surface area (Å²) in [5.74, 6) is 0.485. The first-order chi connectivity index (χ1) is 16.9. The van der Waals surface area contributed by atoms with E-state index in [-0.39, 0.29) is 30.8 Å². The van der Waals surface area contributed by atoms with Crippen LogP contribution in [-0.2, 0) is 16.1 Å². The van der Waals surface area contributed by atoms with E-state index in [1.165, 1.54) is 0 Å². The zero-order valence-electron chi connectivity index (χ0n) is 20.1. The van der Waals surface area contributed by atoms with Crippen LogP contribution in [0.4, 0.5) is 0 Å². The molecule has 1 saturated carbocycles. The first-order valence-corrected chi connectivity index (χ1v) is 11.9. The molecule has 1 heterocycles. The van der Waals surface area contributed by atoms with Gasteiger partial charge in [-0.15, -0.1) is 0 Å². The molecule has 184 valence electrons. The fourth-order valence-corrected chi connectivity index (χ4v) is 4.34. The molecular weight excluding hydrogens is 446 g/mol. The number of benzene rings is 2. The minimum atomic E-state index is -0.964. The number of carboxylic acids is 1. The van der Waals surface area contributed by atoms with Crippen molar-refractivity contribution in [3.05, 3.63) is 78.1 Å². The zero-order chi connectivity index (χ0) is 24.8. The van der Waals surface area contributed by atoms with Crippen LogP contribution in [0.3, 0.4) is 0 Å². The van der Waals surface area contributed by atoms with E-state index in [2.05, 4.69) is 0 Å². The number of hydrogen-bond donors (Lipinski definition) is 1. The number of ether oxygens (including phenoxy) is 2. The lowest BCUT2D eigenvalue weighted by Crippen LogP contribution is -2.36. The van der Waals surface area contributed by atoms with Crippen molar-refractivity contribution in [3.63, 3.8) is 0 Å². The number of hydrogen-bond acceptors (Lipinski definition) is 5.